The van der Waals surface area contributed by atoms with Crippen molar-refractivity contribution in [1.82, 2.24) is 4.98 Å². The van der Waals surface area contributed by atoms with Crippen molar-refractivity contribution in [3.8, 4) is 11.3 Å². The van der Waals surface area contributed by atoms with E-state index in [4.69, 9.17) is 5.84 Å². The number of carbonyl (C=O) groups is 1. The molecule has 2 aromatic carbocycles. The Labute approximate surface area is 160 Å². The zero-order valence-electron chi connectivity index (χ0n) is 14.6. The molecule has 0 saturated carbocycles. The maximum absolute atomic E-state index is 13.0. The Hall–Kier alpha value is -2.77. The lowest BCUT2D eigenvalue weighted by Gasteiger charge is -2.17. The molecule has 0 spiro atoms. The Morgan fingerprint density at radius 2 is 1.74 bits per heavy atom. The van der Waals surface area contributed by atoms with Gasteiger partial charge in [0.15, 0.2) is 0 Å². The molecule has 138 valence electrons. The van der Waals surface area contributed by atoms with Crippen LogP contribution in [0, 0.1) is 5.82 Å². The number of halogens is 1. The molecule has 1 saturated heterocycles. The lowest BCUT2D eigenvalue weighted by atomic mass is 10.1. The Bertz CT molecular complexity index is 933. The third-order valence-corrected chi connectivity index (χ3v) is 5.48. The summed E-state index contributed by atoms with van der Waals surface area (Å²) >= 11 is 1.29. The lowest BCUT2D eigenvalue weighted by Crippen LogP contribution is -2.37. The zero-order valence-corrected chi connectivity index (χ0v) is 15.5. The van der Waals surface area contributed by atoms with E-state index in [0.29, 0.717) is 10.7 Å². The maximum Gasteiger partial charge on any atom is 0.274 e. The van der Waals surface area contributed by atoms with E-state index in [-0.39, 0.29) is 0 Å². The van der Waals surface area contributed by atoms with E-state index in [2.05, 4.69) is 22.0 Å². The monoisotopic (exact) mass is 382 g/mol. The van der Waals surface area contributed by atoms with Crippen molar-refractivity contribution in [2.45, 2.75) is 12.8 Å². The summed E-state index contributed by atoms with van der Waals surface area (Å²) in [5.74, 6) is 5.11. The van der Waals surface area contributed by atoms with Gasteiger partial charge in [-0.25, -0.2) is 20.2 Å². The van der Waals surface area contributed by atoms with Crippen LogP contribution >= 0.6 is 11.3 Å². The highest BCUT2D eigenvalue weighted by Gasteiger charge is 2.18. The molecule has 1 amide bonds. The first-order chi connectivity index (χ1) is 13.1. The SMILES string of the molecule is NN(C(=O)c1ccc(F)cc1)c1nc(-c2ccc(N3CCCC3)cc2)cs1. The second-order valence-electron chi connectivity index (χ2n) is 6.44. The fourth-order valence-electron chi connectivity index (χ4n) is 3.14. The third-order valence-electron chi connectivity index (χ3n) is 4.64. The minimum Gasteiger partial charge on any atom is -0.372 e. The molecule has 1 aromatic heterocycles. The number of hydrogen-bond acceptors (Lipinski definition) is 5. The molecule has 27 heavy (non-hydrogen) atoms. The quantitative estimate of drug-likeness (QED) is 0.420. The highest BCUT2D eigenvalue weighted by Crippen LogP contribution is 2.29. The summed E-state index contributed by atoms with van der Waals surface area (Å²) in [5.41, 5.74) is 3.28. The third kappa shape index (κ3) is 3.70. The molecule has 4 rings (SSSR count). The van der Waals surface area contributed by atoms with Gasteiger partial charge in [0.25, 0.3) is 5.91 Å². The minimum atomic E-state index is -0.430. The summed E-state index contributed by atoms with van der Waals surface area (Å²) in [6.45, 7) is 2.21. The van der Waals surface area contributed by atoms with Crippen molar-refractivity contribution in [2.75, 3.05) is 23.0 Å². The number of thiazole rings is 1. The molecule has 2 N–H and O–H groups in total. The van der Waals surface area contributed by atoms with Crippen molar-refractivity contribution in [1.29, 1.82) is 0 Å². The summed E-state index contributed by atoms with van der Waals surface area (Å²) in [6.07, 6.45) is 2.48. The van der Waals surface area contributed by atoms with Crippen LogP contribution in [0.1, 0.15) is 23.2 Å². The zero-order chi connectivity index (χ0) is 18.8. The number of hydrogen-bond donors (Lipinski definition) is 1. The normalized spacial score (nSPS) is 13.8. The van der Waals surface area contributed by atoms with E-state index < -0.39 is 11.7 Å². The molecule has 0 aliphatic carbocycles. The molecule has 0 radical (unpaired) electrons. The van der Waals surface area contributed by atoms with Crippen molar-refractivity contribution < 1.29 is 9.18 Å². The summed E-state index contributed by atoms with van der Waals surface area (Å²) in [5, 5.41) is 3.26. The number of rotatable bonds is 4. The van der Waals surface area contributed by atoms with Gasteiger partial charge in [-0.3, -0.25) is 4.79 Å². The Kier molecular flexibility index (Phi) is 4.87. The molecule has 1 aliphatic rings. The molecule has 0 atom stereocenters. The van der Waals surface area contributed by atoms with Gasteiger partial charge in [-0.15, -0.1) is 11.3 Å². The van der Waals surface area contributed by atoms with E-state index in [1.807, 2.05) is 17.5 Å². The van der Waals surface area contributed by atoms with Crippen LogP contribution < -0.4 is 15.8 Å². The Balaban J connectivity index is 1.50. The number of anilines is 2. The highest BCUT2D eigenvalue weighted by atomic mass is 32.1. The average molecular weight is 382 g/mol. The fraction of sp³-hybridized carbons (Fsp3) is 0.200. The predicted molar refractivity (Wildman–Crippen MR) is 106 cm³/mol. The van der Waals surface area contributed by atoms with Crippen LogP contribution in [-0.2, 0) is 0 Å². The van der Waals surface area contributed by atoms with Gasteiger partial charge in [0.2, 0.25) is 5.13 Å². The fourth-order valence-corrected chi connectivity index (χ4v) is 3.90. The van der Waals surface area contributed by atoms with Gasteiger partial charge in [0.05, 0.1) is 5.69 Å². The van der Waals surface area contributed by atoms with Crippen LogP contribution in [0.2, 0.25) is 0 Å². The van der Waals surface area contributed by atoms with Crippen LogP contribution in [-0.4, -0.2) is 24.0 Å². The van der Waals surface area contributed by atoms with Crippen molar-refractivity contribution in [2.24, 2.45) is 5.84 Å². The van der Waals surface area contributed by atoms with E-state index >= 15 is 0 Å². The first kappa shape index (κ1) is 17.6. The van der Waals surface area contributed by atoms with Crippen molar-refractivity contribution >= 4 is 28.1 Å². The number of carbonyl (C=O) groups excluding carboxylic acids is 1. The number of aromatic nitrogens is 1. The highest BCUT2D eigenvalue weighted by molar-refractivity contribution is 7.14. The van der Waals surface area contributed by atoms with Crippen LogP contribution in [0.3, 0.4) is 0 Å². The number of nitrogens with zero attached hydrogens (tertiary/aromatic N) is 3. The summed E-state index contributed by atoms with van der Waals surface area (Å²) in [4.78, 5) is 19.3. The molecular formula is C20H19FN4OS. The molecule has 2 heterocycles. The second-order valence-corrected chi connectivity index (χ2v) is 7.27. The molecule has 5 nitrogen and oxygen atoms in total. The number of amides is 1. The predicted octanol–water partition coefficient (Wildman–Crippen LogP) is 4.07. The van der Waals surface area contributed by atoms with Crippen molar-refractivity contribution in [3.63, 3.8) is 0 Å². The summed E-state index contributed by atoms with van der Waals surface area (Å²) in [7, 11) is 0. The molecule has 1 aliphatic heterocycles. The molecule has 1 fully saturated rings. The van der Waals surface area contributed by atoms with Gasteiger partial charge >= 0.3 is 0 Å². The molecular weight excluding hydrogens is 363 g/mol. The lowest BCUT2D eigenvalue weighted by molar-refractivity contribution is 0.0987. The van der Waals surface area contributed by atoms with Crippen molar-refractivity contribution in [3.05, 3.63) is 65.3 Å². The van der Waals surface area contributed by atoms with E-state index in [1.165, 1.54) is 54.1 Å². The average Bonchev–Trinajstić information content (AvgIpc) is 3.40. The molecule has 0 bridgehead atoms. The number of nitrogens with two attached hydrogens (primary N) is 1. The van der Waals surface area contributed by atoms with E-state index in [9.17, 15) is 9.18 Å². The van der Waals surface area contributed by atoms with Gasteiger partial charge in [-0.2, -0.15) is 0 Å². The molecule has 7 heteroatoms. The van der Waals surface area contributed by atoms with E-state index in [0.717, 1.165) is 29.4 Å². The summed E-state index contributed by atoms with van der Waals surface area (Å²) < 4.78 is 13.0. The molecule has 3 aromatic rings. The first-order valence-electron chi connectivity index (χ1n) is 8.77. The van der Waals surface area contributed by atoms with Crippen LogP contribution in [0.5, 0.6) is 0 Å². The first-order valence-corrected chi connectivity index (χ1v) is 9.65. The maximum atomic E-state index is 13.0. The van der Waals surface area contributed by atoms with Crippen LogP contribution in [0.4, 0.5) is 15.2 Å². The van der Waals surface area contributed by atoms with Crippen LogP contribution in [0.15, 0.2) is 53.9 Å². The van der Waals surface area contributed by atoms with Gasteiger partial charge in [-0.1, -0.05) is 12.1 Å². The Morgan fingerprint density at radius 3 is 2.41 bits per heavy atom. The number of hydrazine groups is 1. The van der Waals surface area contributed by atoms with Gasteiger partial charge in [0, 0.05) is 35.3 Å². The van der Waals surface area contributed by atoms with Gasteiger partial charge < -0.3 is 4.90 Å². The van der Waals surface area contributed by atoms with Gasteiger partial charge in [-0.05, 0) is 49.2 Å². The van der Waals surface area contributed by atoms with Crippen LogP contribution in [0.25, 0.3) is 11.3 Å². The Morgan fingerprint density at radius 1 is 1.07 bits per heavy atom. The van der Waals surface area contributed by atoms with Gasteiger partial charge in [0.1, 0.15) is 5.82 Å². The number of benzene rings is 2. The second kappa shape index (κ2) is 7.46. The largest absolute Gasteiger partial charge is 0.372 e. The smallest absolute Gasteiger partial charge is 0.274 e. The van der Waals surface area contributed by atoms with E-state index in [1.54, 1.807) is 0 Å². The topological polar surface area (TPSA) is 62.5 Å². The summed E-state index contributed by atoms with van der Waals surface area (Å²) in [6, 6.07) is 13.6. The molecule has 0 unspecified atom stereocenters. The minimum absolute atomic E-state index is 0.311. The standard InChI is InChI=1S/C20H19FN4OS/c21-16-7-3-15(4-8-16)19(26)25(22)20-23-18(13-27-20)14-5-9-17(10-6-14)24-11-1-2-12-24/h3-10,13H,1-2,11-12,22H2.